The zero-order chi connectivity index (χ0) is 15.5. The van der Waals surface area contributed by atoms with Gasteiger partial charge in [-0.25, -0.2) is 8.78 Å². The van der Waals surface area contributed by atoms with Crippen molar-refractivity contribution in [2.75, 3.05) is 0 Å². The van der Waals surface area contributed by atoms with Crippen molar-refractivity contribution in [1.82, 2.24) is 5.32 Å². The number of benzene rings is 2. The predicted molar refractivity (Wildman–Crippen MR) is 68.3 cm³/mol. The molecule has 0 radical (unpaired) electrons. The van der Waals surface area contributed by atoms with E-state index in [1.165, 1.54) is 18.2 Å². The quantitative estimate of drug-likeness (QED) is 0.831. The Bertz CT molecular complexity index is 604. The molecule has 0 heterocycles. The van der Waals surface area contributed by atoms with Gasteiger partial charge in [-0.2, -0.15) is 13.2 Å². The Morgan fingerprint density at radius 1 is 0.762 bits per heavy atom. The number of nitrogens with one attached hydrogen (secondary N) is 1. The molecule has 0 saturated heterocycles. The van der Waals surface area contributed by atoms with E-state index in [9.17, 15) is 22.0 Å². The van der Waals surface area contributed by atoms with Crippen LogP contribution in [0.1, 0.15) is 16.7 Å². The Hall–Kier alpha value is -1.95. The highest BCUT2D eigenvalue weighted by Crippen LogP contribution is 2.29. The van der Waals surface area contributed by atoms with Gasteiger partial charge in [-0.05, 0) is 35.4 Å². The standard InChI is InChI=1S/C15H12F5N/c16-13-6-3-11(7-14(13)17)9-21-8-10-1-4-12(5-2-10)15(18,19)20/h1-7,21H,8-9H2. The highest BCUT2D eigenvalue weighted by molar-refractivity contribution is 5.24. The van der Waals surface area contributed by atoms with E-state index in [1.807, 2.05) is 0 Å². The lowest BCUT2D eigenvalue weighted by Crippen LogP contribution is -2.13. The van der Waals surface area contributed by atoms with Gasteiger partial charge in [0, 0.05) is 13.1 Å². The van der Waals surface area contributed by atoms with E-state index in [2.05, 4.69) is 5.32 Å². The summed E-state index contributed by atoms with van der Waals surface area (Å²) in [5.74, 6) is -1.84. The van der Waals surface area contributed by atoms with Crippen molar-refractivity contribution in [2.45, 2.75) is 19.3 Å². The van der Waals surface area contributed by atoms with Gasteiger partial charge in [0.25, 0.3) is 0 Å². The lowest BCUT2D eigenvalue weighted by Gasteiger charge is -2.09. The summed E-state index contributed by atoms with van der Waals surface area (Å²) in [7, 11) is 0. The molecule has 0 amide bonds. The van der Waals surface area contributed by atoms with Crippen LogP contribution in [0.25, 0.3) is 0 Å². The van der Waals surface area contributed by atoms with Crippen LogP contribution < -0.4 is 5.32 Å². The van der Waals surface area contributed by atoms with Gasteiger partial charge < -0.3 is 5.32 Å². The summed E-state index contributed by atoms with van der Waals surface area (Å²) in [5, 5.41) is 2.95. The number of alkyl halides is 3. The number of hydrogen-bond acceptors (Lipinski definition) is 1. The van der Waals surface area contributed by atoms with Crippen molar-refractivity contribution in [1.29, 1.82) is 0 Å². The summed E-state index contributed by atoms with van der Waals surface area (Å²) in [4.78, 5) is 0. The summed E-state index contributed by atoms with van der Waals surface area (Å²) < 4.78 is 62.9. The summed E-state index contributed by atoms with van der Waals surface area (Å²) in [6.45, 7) is 0.620. The van der Waals surface area contributed by atoms with Gasteiger partial charge in [-0.15, -0.1) is 0 Å². The van der Waals surface area contributed by atoms with E-state index in [0.29, 0.717) is 17.7 Å². The largest absolute Gasteiger partial charge is 0.416 e. The molecule has 0 aromatic heterocycles. The summed E-state index contributed by atoms with van der Waals surface area (Å²) in [6.07, 6.45) is -4.35. The van der Waals surface area contributed by atoms with E-state index in [4.69, 9.17) is 0 Å². The highest BCUT2D eigenvalue weighted by Gasteiger charge is 2.29. The summed E-state index contributed by atoms with van der Waals surface area (Å²) in [6, 6.07) is 8.32. The molecular formula is C15H12F5N. The number of rotatable bonds is 4. The summed E-state index contributed by atoms with van der Waals surface area (Å²) in [5.41, 5.74) is 0.526. The first-order valence-corrected chi connectivity index (χ1v) is 6.17. The lowest BCUT2D eigenvalue weighted by molar-refractivity contribution is -0.137. The highest BCUT2D eigenvalue weighted by atomic mass is 19.4. The minimum atomic E-state index is -4.35. The molecule has 1 N–H and O–H groups in total. The molecule has 2 aromatic rings. The molecule has 0 atom stereocenters. The molecule has 2 aromatic carbocycles. The molecule has 21 heavy (non-hydrogen) atoms. The van der Waals surface area contributed by atoms with Crippen LogP contribution in [0, 0.1) is 11.6 Å². The third-order valence-electron chi connectivity index (χ3n) is 2.92. The van der Waals surface area contributed by atoms with Crippen LogP contribution in [0.5, 0.6) is 0 Å². The van der Waals surface area contributed by atoms with E-state index < -0.39 is 23.4 Å². The molecule has 6 heteroatoms. The molecule has 112 valence electrons. The fourth-order valence-electron chi connectivity index (χ4n) is 1.81. The fraction of sp³-hybridized carbons (Fsp3) is 0.200. The molecular weight excluding hydrogens is 289 g/mol. The predicted octanol–water partition coefficient (Wildman–Crippen LogP) is 4.27. The van der Waals surface area contributed by atoms with Gasteiger partial charge in [0.05, 0.1) is 5.56 Å². The molecule has 0 unspecified atom stereocenters. The molecule has 0 aliphatic rings. The molecule has 0 bridgehead atoms. The Morgan fingerprint density at radius 3 is 1.90 bits per heavy atom. The molecule has 0 spiro atoms. The van der Waals surface area contributed by atoms with Crippen LogP contribution in [0.15, 0.2) is 42.5 Å². The molecule has 1 nitrogen and oxygen atoms in total. The molecule has 0 saturated carbocycles. The van der Waals surface area contributed by atoms with E-state index in [-0.39, 0.29) is 6.54 Å². The topological polar surface area (TPSA) is 12.0 Å². The maximum atomic E-state index is 13.0. The van der Waals surface area contributed by atoms with Crippen molar-refractivity contribution in [3.05, 3.63) is 70.8 Å². The van der Waals surface area contributed by atoms with Crippen molar-refractivity contribution in [3.8, 4) is 0 Å². The fourth-order valence-corrected chi connectivity index (χ4v) is 1.81. The number of hydrogen-bond donors (Lipinski definition) is 1. The second-order valence-electron chi connectivity index (χ2n) is 4.55. The second-order valence-corrected chi connectivity index (χ2v) is 4.55. The Kier molecular flexibility index (Phi) is 4.57. The first kappa shape index (κ1) is 15.4. The zero-order valence-electron chi connectivity index (χ0n) is 10.8. The van der Waals surface area contributed by atoms with Crippen molar-refractivity contribution in [2.24, 2.45) is 0 Å². The first-order chi connectivity index (χ1) is 9.86. The maximum Gasteiger partial charge on any atom is 0.416 e. The maximum absolute atomic E-state index is 13.0. The van der Waals surface area contributed by atoms with Crippen LogP contribution >= 0.6 is 0 Å². The Balaban J connectivity index is 1.90. The molecule has 0 aliphatic heterocycles. The van der Waals surface area contributed by atoms with Gasteiger partial charge in [0.1, 0.15) is 0 Å². The SMILES string of the molecule is Fc1ccc(CNCc2ccc(C(F)(F)F)cc2)cc1F. The monoisotopic (exact) mass is 301 g/mol. The van der Waals surface area contributed by atoms with Gasteiger partial charge >= 0.3 is 6.18 Å². The number of halogens is 5. The van der Waals surface area contributed by atoms with Crippen molar-refractivity contribution in [3.63, 3.8) is 0 Å². The first-order valence-electron chi connectivity index (χ1n) is 6.17. The Labute approximate surface area is 118 Å². The van der Waals surface area contributed by atoms with Crippen LogP contribution in [-0.2, 0) is 19.3 Å². The van der Waals surface area contributed by atoms with Crippen molar-refractivity contribution < 1.29 is 22.0 Å². The van der Waals surface area contributed by atoms with Gasteiger partial charge in [-0.3, -0.25) is 0 Å². The van der Waals surface area contributed by atoms with Crippen LogP contribution in [-0.4, -0.2) is 0 Å². The van der Waals surface area contributed by atoms with Crippen molar-refractivity contribution >= 4 is 0 Å². The Morgan fingerprint density at radius 2 is 1.33 bits per heavy atom. The van der Waals surface area contributed by atoms with Crippen LogP contribution in [0.2, 0.25) is 0 Å². The second kappa shape index (κ2) is 6.22. The smallest absolute Gasteiger partial charge is 0.309 e. The van der Waals surface area contributed by atoms with E-state index in [0.717, 1.165) is 24.3 Å². The average Bonchev–Trinajstić information content (AvgIpc) is 2.42. The zero-order valence-corrected chi connectivity index (χ0v) is 10.8. The van der Waals surface area contributed by atoms with E-state index in [1.54, 1.807) is 0 Å². The third kappa shape index (κ3) is 4.26. The molecule has 0 fully saturated rings. The van der Waals surface area contributed by atoms with Crippen LogP contribution in [0.4, 0.5) is 22.0 Å². The minimum Gasteiger partial charge on any atom is -0.309 e. The lowest BCUT2D eigenvalue weighted by atomic mass is 10.1. The minimum absolute atomic E-state index is 0.290. The van der Waals surface area contributed by atoms with E-state index >= 15 is 0 Å². The van der Waals surface area contributed by atoms with Gasteiger partial charge in [-0.1, -0.05) is 18.2 Å². The van der Waals surface area contributed by atoms with Gasteiger partial charge in [0.15, 0.2) is 11.6 Å². The normalized spacial score (nSPS) is 11.7. The third-order valence-corrected chi connectivity index (χ3v) is 2.92. The summed E-state index contributed by atoms with van der Waals surface area (Å²) >= 11 is 0. The van der Waals surface area contributed by atoms with Crippen LogP contribution in [0.3, 0.4) is 0 Å². The molecule has 0 aliphatic carbocycles. The molecule has 2 rings (SSSR count). The average molecular weight is 301 g/mol. The van der Waals surface area contributed by atoms with Gasteiger partial charge in [0.2, 0.25) is 0 Å².